The molecule has 0 amide bonds. The van der Waals surface area contributed by atoms with Crippen LogP contribution >= 0.6 is 0 Å². The molecule has 1 N–H and O–H groups in total. The van der Waals surface area contributed by atoms with E-state index in [0.29, 0.717) is 53.9 Å². The molecule has 5 saturated heterocycles. The molecule has 5 aliphatic heterocycles. The fourth-order valence-corrected chi connectivity index (χ4v) is 10.0. The number of aryl methyl sites for hydroxylation is 1. The van der Waals surface area contributed by atoms with Crippen LogP contribution in [0.25, 0.3) is 43.7 Å². The molecule has 0 saturated carbocycles. The Bertz CT molecular complexity index is 2480. The number of piperazine rings is 1. The minimum Gasteiger partial charge on any atom is -0.508 e. The monoisotopic (exact) mass is 753 g/mol. The Kier molecular flexibility index (Phi) is 8.03. The summed E-state index contributed by atoms with van der Waals surface area (Å²) in [4.78, 5) is 16.6. The predicted molar refractivity (Wildman–Crippen MR) is 199 cm³/mol. The normalized spacial score (nSPS) is 24.3. The molecule has 7 heterocycles. The first-order valence-electron chi connectivity index (χ1n) is 18.9. The molecule has 2 bridgehead atoms. The summed E-state index contributed by atoms with van der Waals surface area (Å²) in [5.74, 6) is 1.87. The third-order valence-corrected chi connectivity index (χ3v) is 12.6. The minimum atomic E-state index is -1.65. The molecule has 0 spiro atoms. The number of nitrogens with zero attached hydrogens (tertiary/aromatic N) is 7. The van der Waals surface area contributed by atoms with Crippen LogP contribution in [0.1, 0.15) is 37.7 Å². The van der Waals surface area contributed by atoms with Crippen molar-refractivity contribution >= 4 is 38.4 Å². The van der Waals surface area contributed by atoms with E-state index in [1.165, 1.54) is 24.3 Å². The van der Waals surface area contributed by atoms with Gasteiger partial charge in [0.2, 0.25) is 0 Å². The number of benzene rings is 3. The van der Waals surface area contributed by atoms with Crippen LogP contribution in [0.5, 0.6) is 11.8 Å². The Balaban J connectivity index is 1.16. The van der Waals surface area contributed by atoms with Crippen molar-refractivity contribution in [2.24, 2.45) is 13.0 Å². The molecule has 0 aliphatic carbocycles. The molecule has 0 radical (unpaired) electrons. The lowest BCUT2D eigenvalue weighted by Crippen LogP contribution is -2.56. The maximum Gasteiger partial charge on any atom is 0.319 e. The molecular weight excluding hydrogens is 714 g/mol. The van der Waals surface area contributed by atoms with Gasteiger partial charge < -0.3 is 19.5 Å². The molecule has 10 rings (SSSR count). The number of phenolic OH excluding ortho intramolecular Hbond substituents is 1. The van der Waals surface area contributed by atoms with E-state index >= 15 is 8.78 Å². The van der Waals surface area contributed by atoms with Gasteiger partial charge in [0.05, 0.1) is 29.7 Å². The number of hydrogen-bond donors (Lipinski definition) is 1. The third kappa shape index (κ3) is 5.45. The van der Waals surface area contributed by atoms with Crippen LogP contribution in [0, 0.1) is 29.9 Å². The smallest absolute Gasteiger partial charge is 0.319 e. The summed E-state index contributed by atoms with van der Waals surface area (Å²) in [5.41, 5.74) is -0.190. The number of terminal acetylenes is 1. The maximum atomic E-state index is 17.8. The van der Waals surface area contributed by atoms with Crippen molar-refractivity contribution < 1.29 is 32.1 Å². The summed E-state index contributed by atoms with van der Waals surface area (Å²) >= 11 is 0. The Morgan fingerprint density at radius 1 is 1.09 bits per heavy atom. The Hall–Kier alpha value is -4.97. The van der Waals surface area contributed by atoms with E-state index in [4.69, 9.17) is 31.0 Å². The van der Waals surface area contributed by atoms with Crippen molar-refractivity contribution in [3.05, 3.63) is 59.3 Å². The van der Waals surface area contributed by atoms with Gasteiger partial charge in [-0.2, -0.15) is 23.8 Å². The van der Waals surface area contributed by atoms with Crippen LogP contribution in [0.4, 0.5) is 23.4 Å². The maximum absolute atomic E-state index is 17.8. The van der Waals surface area contributed by atoms with Crippen molar-refractivity contribution in [3.63, 3.8) is 0 Å². The number of aromatic hydroxyl groups is 1. The number of rotatable bonds is 7. The van der Waals surface area contributed by atoms with Gasteiger partial charge in [0.25, 0.3) is 6.08 Å². The lowest BCUT2D eigenvalue weighted by atomic mass is 9.91. The first-order chi connectivity index (χ1) is 26.6. The highest BCUT2D eigenvalue weighted by atomic mass is 19.3. The van der Waals surface area contributed by atoms with Gasteiger partial charge in [-0.1, -0.05) is 12.0 Å². The standard InChI is InChI=1S/C41H39F4N7O3/c1-3-28-31(42)8-5-23-11-27(53)12-29(32(23)28)33-35(43)37-34(30-18-49(2)48-36(30)33)39(50-16-25-6-7-26(17-50)52(25)14-22-19-54-20-22)47-40(46-37)55-21-41-9-4-10-51(41)15-24(13-41)38(44)45/h1,5,8,11-12,18,22,25-26,53H,4,6-7,9-10,13-17,19-21H2,2H3/t25-,26+,41-/m0/s1. The number of fused-ring (bicyclic) bond motifs is 7. The molecule has 14 heteroatoms. The molecular formula is C41H39F4N7O3. The van der Waals surface area contributed by atoms with Crippen LogP contribution in [-0.4, -0.2) is 105 Å². The molecule has 3 atom stereocenters. The molecule has 5 aliphatic rings. The summed E-state index contributed by atoms with van der Waals surface area (Å²) in [6.45, 7) is 4.76. The van der Waals surface area contributed by atoms with Crippen molar-refractivity contribution in [1.29, 1.82) is 0 Å². The Labute approximate surface area is 314 Å². The van der Waals surface area contributed by atoms with Crippen LogP contribution in [0.2, 0.25) is 0 Å². The van der Waals surface area contributed by atoms with Gasteiger partial charge in [0, 0.05) is 79.3 Å². The molecule has 2 aromatic heterocycles. The molecule has 0 unspecified atom stereocenters. The summed E-state index contributed by atoms with van der Waals surface area (Å²) < 4.78 is 74.1. The fourth-order valence-electron chi connectivity index (χ4n) is 10.0. The Morgan fingerprint density at radius 2 is 1.89 bits per heavy atom. The number of aromatic nitrogens is 4. The topological polar surface area (TPSA) is 92.0 Å². The SMILES string of the molecule is C#Cc1c(F)ccc2cc(O)cc(-c3c(F)c4nc(OC[C@@]56CCCN5CC(=C(F)F)C6)nc(N5C[C@H]6CC[C@@H](C5)N6CC5COC5)c4c4cn(C)nc34)c12. The highest BCUT2D eigenvalue weighted by Gasteiger charge is 2.49. The highest BCUT2D eigenvalue weighted by molar-refractivity contribution is 6.18. The summed E-state index contributed by atoms with van der Waals surface area (Å²) in [5, 5.41) is 17.3. The second-order valence-electron chi connectivity index (χ2n) is 15.9. The van der Waals surface area contributed by atoms with E-state index in [0.717, 1.165) is 39.0 Å². The quantitative estimate of drug-likeness (QED) is 0.151. The van der Waals surface area contributed by atoms with Gasteiger partial charge in [-0.25, -0.2) is 8.78 Å². The lowest BCUT2D eigenvalue weighted by Gasteiger charge is -2.44. The number of anilines is 1. The van der Waals surface area contributed by atoms with Crippen molar-refractivity contribution in [1.82, 2.24) is 29.5 Å². The van der Waals surface area contributed by atoms with Crippen LogP contribution in [-0.2, 0) is 11.8 Å². The summed E-state index contributed by atoms with van der Waals surface area (Å²) in [7, 11) is 1.74. The van der Waals surface area contributed by atoms with Gasteiger partial charge in [0.1, 0.15) is 35.0 Å². The Morgan fingerprint density at radius 3 is 2.62 bits per heavy atom. The summed E-state index contributed by atoms with van der Waals surface area (Å²) in [6, 6.07) is 6.01. The average molecular weight is 754 g/mol. The zero-order valence-electron chi connectivity index (χ0n) is 30.3. The highest BCUT2D eigenvalue weighted by Crippen LogP contribution is 2.47. The van der Waals surface area contributed by atoms with Crippen molar-refractivity contribution in [3.8, 4) is 35.2 Å². The number of phenols is 1. The van der Waals surface area contributed by atoms with Crippen LogP contribution in [0.15, 0.2) is 42.1 Å². The molecule has 55 heavy (non-hydrogen) atoms. The predicted octanol–water partition coefficient (Wildman–Crippen LogP) is 6.37. The van der Waals surface area contributed by atoms with Gasteiger partial charge in [-0.15, -0.1) is 6.42 Å². The number of hydrogen-bond acceptors (Lipinski definition) is 9. The van der Waals surface area contributed by atoms with E-state index in [2.05, 4.69) is 15.7 Å². The van der Waals surface area contributed by atoms with Gasteiger partial charge in [-0.3, -0.25) is 14.5 Å². The largest absolute Gasteiger partial charge is 0.508 e. The molecule has 10 nitrogen and oxygen atoms in total. The second kappa shape index (κ2) is 12.8. The molecule has 284 valence electrons. The third-order valence-electron chi connectivity index (χ3n) is 12.6. The van der Waals surface area contributed by atoms with Gasteiger partial charge in [0.15, 0.2) is 5.82 Å². The zero-order chi connectivity index (χ0) is 37.7. The van der Waals surface area contributed by atoms with E-state index in [9.17, 15) is 13.9 Å². The average Bonchev–Trinajstić information content (AvgIpc) is 3.88. The van der Waals surface area contributed by atoms with E-state index < -0.39 is 23.3 Å². The van der Waals surface area contributed by atoms with Crippen LogP contribution in [0.3, 0.4) is 0 Å². The van der Waals surface area contributed by atoms with E-state index in [1.54, 1.807) is 17.9 Å². The van der Waals surface area contributed by atoms with Crippen molar-refractivity contribution in [2.45, 2.75) is 49.7 Å². The van der Waals surface area contributed by atoms with Crippen molar-refractivity contribution in [2.75, 3.05) is 57.4 Å². The number of ether oxygens (including phenoxy) is 2. The zero-order valence-corrected chi connectivity index (χ0v) is 30.3. The molecule has 5 aromatic rings. The number of halogens is 4. The molecule has 5 fully saturated rings. The van der Waals surface area contributed by atoms with Gasteiger partial charge in [-0.05, 0) is 67.8 Å². The van der Waals surface area contributed by atoms with Gasteiger partial charge >= 0.3 is 6.01 Å². The minimum absolute atomic E-state index is 0.00105. The first kappa shape index (κ1) is 34.5. The van der Waals surface area contributed by atoms with E-state index in [1.807, 2.05) is 4.90 Å². The second-order valence-corrected chi connectivity index (χ2v) is 15.9. The van der Waals surface area contributed by atoms with Crippen LogP contribution < -0.4 is 9.64 Å². The lowest BCUT2D eigenvalue weighted by molar-refractivity contribution is -0.0538. The fraction of sp³-hybridized carbons (Fsp3) is 0.439. The van der Waals surface area contributed by atoms with E-state index in [-0.39, 0.29) is 82.1 Å². The molecule has 3 aromatic carbocycles. The summed E-state index contributed by atoms with van der Waals surface area (Å²) in [6.07, 6.45) is 9.72. The first-order valence-corrected chi connectivity index (χ1v) is 18.9.